The van der Waals surface area contributed by atoms with Crippen molar-refractivity contribution in [3.05, 3.63) is 30.5 Å². The second kappa shape index (κ2) is 5.14. The molecule has 5 heteroatoms. The van der Waals surface area contributed by atoms with E-state index in [0.717, 1.165) is 30.3 Å². The fourth-order valence-corrected chi connectivity index (χ4v) is 4.22. The van der Waals surface area contributed by atoms with Crippen LogP contribution in [0.25, 0.3) is 10.9 Å². The molecular formula is C16H22N2O2S. The molecule has 1 fully saturated rings. The highest BCUT2D eigenvalue weighted by molar-refractivity contribution is 7.92. The van der Waals surface area contributed by atoms with Gasteiger partial charge in [0, 0.05) is 29.7 Å². The number of hydrogen-bond acceptors (Lipinski definition) is 3. The summed E-state index contributed by atoms with van der Waals surface area (Å²) in [4.78, 5) is 2.65. The van der Waals surface area contributed by atoms with Crippen LogP contribution < -0.4 is 0 Å². The third-order valence-electron chi connectivity index (χ3n) is 4.38. The van der Waals surface area contributed by atoms with Gasteiger partial charge in [0.25, 0.3) is 0 Å². The average molecular weight is 306 g/mol. The Morgan fingerprint density at radius 2 is 2.00 bits per heavy atom. The summed E-state index contributed by atoms with van der Waals surface area (Å²) < 4.78 is 26.8. The Morgan fingerprint density at radius 3 is 2.62 bits per heavy atom. The molecule has 0 bridgehead atoms. The minimum absolute atomic E-state index is 0.147. The van der Waals surface area contributed by atoms with E-state index < -0.39 is 9.84 Å². The van der Waals surface area contributed by atoms with Crippen LogP contribution in [0.4, 0.5) is 0 Å². The maximum Gasteiger partial charge on any atom is 0.181 e. The first-order chi connectivity index (χ1) is 9.89. The van der Waals surface area contributed by atoms with Crippen LogP contribution in [0, 0.1) is 0 Å². The van der Waals surface area contributed by atoms with Crippen LogP contribution in [0.3, 0.4) is 0 Å². The van der Waals surface area contributed by atoms with E-state index in [1.54, 1.807) is 6.07 Å². The molecule has 0 saturated heterocycles. The van der Waals surface area contributed by atoms with Crippen molar-refractivity contribution in [3.63, 3.8) is 0 Å². The molecule has 1 unspecified atom stereocenters. The number of hydrogen-bond donors (Lipinski definition) is 0. The Bertz CT molecular complexity index is 758. The number of benzene rings is 1. The molecule has 1 aliphatic carbocycles. The number of fused-ring (bicyclic) bond motifs is 1. The highest BCUT2D eigenvalue weighted by atomic mass is 32.2. The smallest absolute Gasteiger partial charge is 0.181 e. The number of sulfone groups is 1. The first kappa shape index (κ1) is 14.6. The molecular weight excluding hydrogens is 284 g/mol. The van der Waals surface area contributed by atoms with E-state index in [-0.39, 0.29) is 5.25 Å². The van der Waals surface area contributed by atoms with Gasteiger partial charge in [-0.1, -0.05) is 0 Å². The quantitative estimate of drug-likeness (QED) is 0.852. The van der Waals surface area contributed by atoms with Crippen LogP contribution in [0.5, 0.6) is 0 Å². The lowest BCUT2D eigenvalue weighted by atomic mass is 10.2. The summed E-state index contributed by atoms with van der Waals surface area (Å²) in [6, 6.07) is 7.94. The molecule has 1 atom stereocenters. The van der Waals surface area contributed by atoms with Crippen molar-refractivity contribution in [2.75, 3.05) is 14.1 Å². The fraction of sp³-hybridized carbons (Fsp3) is 0.500. The van der Waals surface area contributed by atoms with Crippen molar-refractivity contribution in [2.45, 2.75) is 42.5 Å². The van der Waals surface area contributed by atoms with E-state index in [2.05, 4.69) is 30.5 Å². The van der Waals surface area contributed by atoms with E-state index in [9.17, 15) is 8.42 Å². The Hall–Kier alpha value is -1.33. The van der Waals surface area contributed by atoms with E-state index >= 15 is 0 Å². The van der Waals surface area contributed by atoms with Crippen LogP contribution >= 0.6 is 0 Å². The van der Waals surface area contributed by atoms with Crippen LogP contribution in [-0.4, -0.2) is 43.3 Å². The number of likely N-dealkylation sites (N-methyl/N-ethyl adjacent to an activating group) is 1. The lowest BCUT2D eigenvalue weighted by Gasteiger charge is -2.20. The van der Waals surface area contributed by atoms with Crippen LogP contribution in [-0.2, 0) is 16.4 Å². The van der Waals surface area contributed by atoms with Crippen LogP contribution in [0.1, 0.15) is 19.8 Å². The molecule has 4 nitrogen and oxygen atoms in total. The number of rotatable bonds is 5. The lowest BCUT2D eigenvalue weighted by molar-refractivity contribution is 0.286. The van der Waals surface area contributed by atoms with Gasteiger partial charge < -0.3 is 9.47 Å². The van der Waals surface area contributed by atoms with E-state index in [1.165, 1.54) is 0 Å². The van der Waals surface area contributed by atoms with Gasteiger partial charge in [0.05, 0.1) is 10.1 Å². The molecule has 114 valence electrons. The number of aromatic nitrogens is 1. The summed E-state index contributed by atoms with van der Waals surface area (Å²) in [6.45, 7) is 3.07. The first-order valence-electron chi connectivity index (χ1n) is 7.39. The molecule has 3 rings (SSSR count). The SMILES string of the molecule is CC(Cn1ccc2cc(S(=O)(=O)C3CC3)ccc21)N(C)C. The Kier molecular flexibility index (Phi) is 3.58. The van der Waals surface area contributed by atoms with Gasteiger partial charge in [0.15, 0.2) is 9.84 Å². The largest absolute Gasteiger partial charge is 0.346 e. The predicted molar refractivity (Wildman–Crippen MR) is 85.3 cm³/mol. The monoisotopic (exact) mass is 306 g/mol. The van der Waals surface area contributed by atoms with Gasteiger partial charge in [0.2, 0.25) is 0 Å². The van der Waals surface area contributed by atoms with Gasteiger partial charge >= 0.3 is 0 Å². The summed E-state index contributed by atoms with van der Waals surface area (Å²) in [5, 5.41) is 0.855. The van der Waals surface area contributed by atoms with Gasteiger partial charge in [0.1, 0.15) is 0 Å². The van der Waals surface area contributed by atoms with Crippen molar-refractivity contribution >= 4 is 20.7 Å². The zero-order chi connectivity index (χ0) is 15.2. The molecule has 0 spiro atoms. The lowest BCUT2D eigenvalue weighted by Crippen LogP contribution is -2.28. The van der Waals surface area contributed by atoms with E-state index in [0.29, 0.717) is 10.9 Å². The van der Waals surface area contributed by atoms with Gasteiger partial charge in [-0.3, -0.25) is 0 Å². The highest BCUT2D eigenvalue weighted by Gasteiger charge is 2.36. The van der Waals surface area contributed by atoms with Crippen molar-refractivity contribution in [3.8, 4) is 0 Å². The molecule has 1 aromatic heterocycles. The molecule has 1 saturated carbocycles. The molecule has 21 heavy (non-hydrogen) atoms. The standard InChI is InChI=1S/C16H22N2O2S/c1-12(17(2)3)11-18-9-8-13-10-15(6-7-16(13)18)21(19,20)14-4-5-14/h6-10,12,14H,4-5,11H2,1-3H3. The molecule has 0 amide bonds. The molecule has 0 aliphatic heterocycles. The molecule has 0 radical (unpaired) electrons. The van der Waals surface area contributed by atoms with Gasteiger partial charge in [-0.15, -0.1) is 0 Å². The summed E-state index contributed by atoms with van der Waals surface area (Å²) in [6.07, 6.45) is 3.65. The maximum absolute atomic E-state index is 12.3. The predicted octanol–water partition coefficient (Wildman–Crippen LogP) is 2.53. The summed E-state index contributed by atoms with van der Waals surface area (Å²) in [7, 11) is 1.03. The zero-order valence-corrected chi connectivity index (χ0v) is 13.6. The average Bonchev–Trinajstić information content (AvgIpc) is 3.22. The van der Waals surface area contributed by atoms with Crippen molar-refractivity contribution in [1.82, 2.24) is 9.47 Å². The summed E-state index contributed by atoms with van der Waals surface area (Å²) in [5.74, 6) is 0. The Balaban J connectivity index is 1.94. The molecule has 1 aliphatic rings. The van der Waals surface area contributed by atoms with Gasteiger partial charge in [-0.25, -0.2) is 8.42 Å². The Labute approximate surface area is 126 Å². The van der Waals surface area contributed by atoms with Crippen LogP contribution in [0.2, 0.25) is 0 Å². The van der Waals surface area contributed by atoms with E-state index in [1.807, 2.05) is 24.4 Å². The third-order valence-corrected chi connectivity index (χ3v) is 6.64. The van der Waals surface area contributed by atoms with Gasteiger partial charge in [-0.05, 0) is 58.1 Å². The molecule has 0 N–H and O–H groups in total. The normalized spacial score (nSPS) is 17.5. The highest BCUT2D eigenvalue weighted by Crippen LogP contribution is 2.34. The second-order valence-electron chi connectivity index (χ2n) is 6.25. The fourth-order valence-electron chi connectivity index (χ4n) is 2.53. The third kappa shape index (κ3) is 2.72. The minimum Gasteiger partial charge on any atom is -0.346 e. The first-order valence-corrected chi connectivity index (χ1v) is 8.93. The van der Waals surface area contributed by atoms with E-state index in [4.69, 9.17) is 0 Å². The maximum atomic E-state index is 12.3. The Morgan fingerprint density at radius 1 is 1.29 bits per heavy atom. The second-order valence-corrected chi connectivity index (χ2v) is 8.47. The van der Waals surface area contributed by atoms with Crippen molar-refractivity contribution in [1.29, 1.82) is 0 Å². The topological polar surface area (TPSA) is 42.3 Å². The molecule has 1 heterocycles. The minimum atomic E-state index is -3.10. The number of nitrogens with zero attached hydrogens (tertiary/aromatic N) is 2. The van der Waals surface area contributed by atoms with Gasteiger partial charge in [-0.2, -0.15) is 0 Å². The molecule has 2 aromatic rings. The van der Waals surface area contributed by atoms with Crippen LogP contribution in [0.15, 0.2) is 35.4 Å². The van der Waals surface area contributed by atoms with Crippen molar-refractivity contribution in [2.24, 2.45) is 0 Å². The zero-order valence-electron chi connectivity index (χ0n) is 12.8. The van der Waals surface area contributed by atoms with Crippen molar-refractivity contribution < 1.29 is 8.42 Å². The summed E-state index contributed by atoms with van der Waals surface area (Å²) in [5.41, 5.74) is 1.10. The molecule has 1 aromatic carbocycles. The summed E-state index contributed by atoms with van der Waals surface area (Å²) >= 11 is 0.